The summed E-state index contributed by atoms with van der Waals surface area (Å²) in [6, 6.07) is 7.04. The fourth-order valence-corrected chi connectivity index (χ4v) is 3.10. The van der Waals surface area contributed by atoms with E-state index in [1.807, 2.05) is 18.2 Å². The minimum absolute atomic E-state index is 0.0410. The van der Waals surface area contributed by atoms with Gasteiger partial charge >= 0.3 is 0 Å². The molecule has 6 heteroatoms. The maximum atomic E-state index is 12.6. The van der Waals surface area contributed by atoms with E-state index in [1.165, 1.54) is 0 Å². The van der Waals surface area contributed by atoms with Crippen molar-refractivity contribution in [2.24, 2.45) is 0 Å². The number of carbonyl (C=O) groups is 3. The Hall–Kier alpha value is -2.37. The van der Waals surface area contributed by atoms with Crippen molar-refractivity contribution in [2.75, 3.05) is 6.54 Å². The van der Waals surface area contributed by atoms with E-state index in [2.05, 4.69) is 10.6 Å². The lowest BCUT2D eigenvalue weighted by Gasteiger charge is -2.24. The van der Waals surface area contributed by atoms with Gasteiger partial charge in [-0.05, 0) is 37.3 Å². The van der Waals surface area contributed by atoms with Crippen molar-refractivity contribution in [3.63, 3.8) is 0 Å². The van der Waals surface area contributed by atoms with Gasteiger partial charge in [-0.25, -0.2) is 0 Å². The molecule has 2 fully saturated rings. The van der Waals surface area contributed by atoms with E-state index in [1.54, 1.807) is 11.0 Å². The van der Waals surface area contributed by atoms with Gasteiger partial charge in [0.05, 0.1) is 6.54 Å². The lowest BCUT2D eigenvalue weighted by Crippen LogP contribution is -2.44. The molecular weight excluding hydrogens is 294 g/mol. The Morgan fingerprint density at radius 2 is 1.87 bits per heavy atom. The summed E-state index contributed by atoms with van der Waals surface area (Å²) in [5, 5.41) is 5.53. The van der Waals surface area contributed by atoms with Crippen LogP contribution >= 0.6 is 0 Å². The van der Waals surface area contributed by atoms with Gasteiger partial charge in [-0.1, -0.05) is 18.2 Å². The molecule has 1 atom stereocenters. The van der Waals surface area contributed by atoms with Crippen LogP contribution in [-0.4, -0.2) is 41.2 Å². The average Bonchev–Trinajstić information content (AvgIpc) is 3.45. The van der Waals surface area contributed by atoms with E-state index in [0.29, 0.717) is 5.56 Å². The molecule has 1 heterocycles. The van der Waals surface area contributed by atoms with Crippen LogP contribution in [0.25, 0.3) is 0 Å². The van der Waals surface area contributed by atoms with E-state index in [9.17, 15) is 14.4 Å². The number of hydrogen-bond donors (Lipinski definition) is 2. The van der Waals surface area contributed by atoms with Crippen LogP contribution in [0.3, 0.4) is 0 Å². The molecule has 0 radical (unpaired) electrons. The maximum Gasteiger partial charge on any atom is 0.255 e. The Morgan fingerprint density at radius 3 is 2.57 bits per heavy atom. The zero-order valence-corrected chi connectivity index (χ0v) is 12.7. The third-order valence-corrected chi connectivity index (χ3v) is 4.55. The van der Waals surface area contributed by atoms with Crippen LogP contribution in [0.4, 0.5) is 0 Å². The first-order valence-electron chi connectivity index (χ1n) is 8.14. The van der Waals surface area contributed by atoms with Gasteiger partial charge in [0.1, 0.15) is 6.04 Å². The van der Waals surface area contributed by atoms with Crippen LogP contribution in [0.15, 0.2) is 24.3 Å². The first-order chi connectivity index (χ1) is 11.1. The largest absolute Gasteiger partial charge is 0.352 e. The lowest BCUT2D eigenvalue weighted by atomic mass is 10.0. The Bertz CT molecular complexity index is 679. The number of carbonyl (C=O) groups excluding carboxylic acids is 3. The summed E-state index contributed by atoms with van der Waals surface area (Å²) < 4.78 is 0. The van der Waals surface area contributed by atoms with Crippen LogP contribution in [0.2, 0.25) is 0 Å². The number of nitrogens with zero attached hydrogens (tertiary/aromatic N) is 1. The zero-order valence-electron chi connectivity index (χ0n) is 12.7. The first kappa shape index (κ1) is 14.2. The molecule has 0 saturated heterocycles. The number of benzene rings is 1. The SMILES string of the molecule is O=C(CNC(=O)[C@@H]1c2ccccc2C(=O)N1C1CC1)NC1CC1. The maximum absolute atomic E-state index is 12.6. The van der Waals surface area contributed by atoms with Crippen LogP contribution in [-0.2, 0) is 9.59 Å². The van der Waals surface area contributed by atoms with Gasteiger partial charge in [0.15, 0.2) is 0 Å². The van der Waals surface area contributed by atoms with Crippen molar-refractivity contribution in [3.8, 4) is 0 Å². The Kier molecular flexibility index (Phi) is 3.32. The van der Waals surface area contributed by atoms with Gasteiger partial charge in [0.2, 0.25) is 11.8 Å². The number of hydrogen-bond acceptors (Lipinski definition) is 3. The molecule has 2 N–H and O–H groups in total. The third kappa shape index (κ3) is 2.69. The smallest absolute Gasteiger partial charge is 0.255 e. The van der Waals surface area contributed by atoms with Gasteiger partial charge in [-0.15, -0.1) is 0 Å². The highest BCUT2D eigenvalue weighted by molar-refractivity contribution is 6.05. The zero-order chi connectivity index (χ0) is 16.0. The summed E-state index contributed by atoms with van der Waals surface area (Å²) in [4.78, 5) is 38.6. The van der Waals surface area contributed by atoms with Crippen molar-refractivity contribution in [2.45, 2.75) is 43.8 Å². The number of fused-ring (bicyclic) bond motifs is 1. The van der Waals surface area contributed by atoms with Crippen LogP contribution < -0.4 is 10.6 Å². The van der Waals surface area contributed by atoms with E-state index in [4.69, 9.17) is 0 Å². The summed E-state index contributed by atoms with van der Waals surface area (Å²) in [5.41, 5.74) is 1.34. The van der Waals surface area contributed by atoms with E-state index in [0.717, 1.165) is 31.2 Å². The summed E-state index contributed by atoms with van der Waals surface area (Å²) in [7, 11) is 0. The molecular formula is C17H19N3O3. The molecule has 3 aliphatic rings. The number of rotatable bonds is 5. The molecule has 23 heavy (non-hydrogen) atoms. The highest BCUT2D eigenvalue weighted by Crippen LogP contribution is 2.41. The molecule has 0 spiro atoms. The van der Waals surface area contributed by atoms with Crippen molar-refractivity contribution < 1.29 is 14.4 Å². The average molecular weight is 313 g/mol. The minimum Gasteiger partial charge on any atom is -0.352 e. The van der Waals surface area contributed by atoms with Gasteiger partial charge in [0.25, 0.3) is 5.91 Å². The standard InChI is InChI=1S/C17H19N3O3/c21-14(19-10-5-6-10)9-18-16(22)15-12-3-1-2-4-13(12)17(23)20(15)11-7-8-11/h1-4,10-11,15H,5-9H2,(H,18,22)(H,19,21)/t15-/m0/s1. The van der Waals surface area contributed by atoms with Gasteiger partial charge in [-0.2, -0.15) is 0 Å². The van der Waals surface area contributed by atoms with Crippen LogP contribution in [0.1, 0.15) is 47.6 Å². The second-order valence-electron chi connectivity index (χ2n) is 6.49. The van der Waals surface area contributed by atoms with Crippen molar-refractivity contribution in [1.29, 1.82) is 0 Å². The molecule has 0 unspecified atom stereocenters. The van der Waals surface area contributed by atoms with E-state index < -0.39 is 6.04 Å². The molecule has 0 bridgehead atoms. The quantitative estimate of drug-likeness (QED) is 0.841. The Balaban J connectivity index is 1.49. The summed E-state index contributed by atoms with van der Waals surface area (Å²) in [6.07, 6.45) is 3.90. The van der Waals surface area contributed by atoms with Crippen LogP contribution in [0.5, 0.6) is 0 Å². The van der Waals surface area contributed by atoms with Crippen molar-refractivity contribution in [1.82, 2.24) is 15.5 Å². The predicted octanol–water partition coefficient (Wildman–Crippen LogP) is 0.741. The Labute approximate surface area is 134 Å². The fraction of sp³-hybridized carbons (Fsp3) is 0.471. The van der Waals surface area contributed by atoms with E-state index in [-0.39, 0.29) is 36.3 Å². The Morgan fingerprint density at radius 1 is 1.13 bits per heavy atom. The fourth-order valence-electron chi connectivity index (χ4n) is 3.10. The topological polar surface area (TPSA) is 78.5 Å². The molecule has 3 amide bonds. The summed E-state index contributed by atoms with van der Waals surface area (Å²) >= 11 is 0. The number of nitrogens with one attached hydrogen (secondary N) is 2. The molecule has 1 aromatic rings. The molecule has 1 aliphatic heterocycles. The highest BCUT2D eigenvalue weighted by Gasteiger charge is 2.47. The lowest BCUT2D eigenvalue weighted by molar-refractivity contribution is -0.129. The second-order valence-corrected chi connectivity index (χ2v) is 6.49. The van der Waals surface area contributed by atoms with E-state index >= 15 is 0 Å². The molecule has 0 aromatic heterocycles. The van der Waals surface area contributed by atoms with Gasteiger partial charge < -0.3 is 15.5 Å². The van der Waals surface area contributed by atoms with Gasteiger partial charge in [-0.3, -0.25) is 14.4 Å². The summed E-state index contributed by atoms with van der Waals surface area (Å²) in [6.45, 7) is -0.0410. The number of amides is 3. The third-order valence-electron chi connectivity index (χ3n) is 4.55. The monoisotopic (exact) mass is 313 g/mol. The predicted molar refractivity (Wildman–Crippen MR) is 82.5 cm³/mol. The van der Waals surface area contributed by atoms with Crippen LogP contribution in [0, 0.1) is 0 Å². The minimum atomic E-state index is -0.611. The van der Waals surface area contributed by atoms with Crippen molar-refractivity contribution in [3.05, 3.63) is 35.4 Å². The molecule has 120 valence electrons. The first-order valence-corrected chi connectivity index (χ1v) is 8.14. The van der Waals surface area contributed by atoms with Crippen molar-refractivity contribution >= 4 is 17.7 Å². The normalized spacial score (nSPS) is 22.7. The molecule has 4 rings (SSSR count). The molecule has 6 nitrogen and oxygen atoms in total. The summed E-state index contributed by atoms with van der Waals surface area (Å²) in [5.74, 6) is -0.525. The molecule has 2 saturated carbocycles. The molecule has 1 aromatic carbocycles. The highest BCUT2D eigenvalue weighted by atomic mass is 16.2. The van der Waals surface area contributed by atoms with Gasteiger partial charge in [0, 0.05) is 17.6 Å². The molecule has 2 aliphatic carbocycles. The second kappa shape index (κ2) is 5.37.